The standard InChI is InChI=1S/C3H8N2O2.Ca.2H/c1-2(4)3(6)7-5;;;/h2H,4-5H2,1H3;;;/q;+2;2*-1/t2-;;;/m0.../s1. The summed E-state index contributed by atoms with van der Waals surface area (Å²) in [5.41, 5.74) is 4.99. The van der Waals surface area contributed by atoms with Crippen LogP contribution in [-0.2, 0) is 9.63 Å². The van der Waals surface area contributed by atoms with E-state index in [1.165, 1.54) is 6.92 Å². The first kappa shape index (κ1) is 11.4. The molecule has 0 heterocycles. The molecule has 0 aliphatic carbocycles. The molecule has 8 heavy (non-hydrogen) atoms. The fourth-order valence-corrected chi connectivity index (χ4v) is 0.107. The molecular formula is C3H10CaN2O2. The molecule has 0 saturated carbocycles. The molecule has 5 heteroatoms. The van der Waals surface area contributed by atoms with Crippen LogP contribution in [0.1, 0.15) is 9.78 Å². The summed E-state index contributed by atoms with van der Waals surface area (Å²) in [6, 6.07) is -0.620. The second kappa shape index (κ2) is 5.78. The molecule has 0 aromatic carbocycles. The van der Waals surface area contributed by atoms with E-state index < -0.39 is 12.0 Å². The zero-order valence-electron chi connectivity index (χ0n) is 6.76. The van der Waals surface area contributed by atoms with Gasteiger partial charge < -0.3 is 13.4 Å². The van der Waals surface area contributed by atoms with E-state index in [9.17, 15) is 4.79 Å². The van der Waals surface area contributed by atoms with Crippen molar-refractivity contribution in [3.05, 3.63) is 0 Å². The molecule has 0 bridgehead atoms. The maximum atomic E-state index is 10.0. The van der Waals surface area contributed by atoms with Gasteiger partial charge in [0.05, 0.1) is 0 Å². The van der Waals surface area contributed by atoms with Crippen molar-refractivity contribution in [2.75, 3.05) is 0 Å². The van der Waals surface area contributed by atoms with Gasteiger partial charge in [0.25, 0.3) is 0 Å². The van der Waals surface area contributed by atoms with E-state index in [0.29, 0.717) is 0 Å². The van der Waals surface area contributed by atoms with Gasteiger partial charge in [0.2, 0.25) is 0 Å². The van der Waals surface area contributed by atoms with E-state index in [1.54, 1.807) is 0 Å². The number of carbonyl (C=O) groups excluding carboxylic acids is 1. The Kier molecular flexibility index (Phi) is 8.27. The van der Waals surface area contributed by atoms with Crippen molar-refractivity contribution in [3.63, 3.8) is 0 Å². The minimum Gasteiger partial charge on any atom is -1.00 e. The predicted octanol–water partition coefficient (Wildman–Crippen LogP) is -1.41. The van der Waals surface area contributed by atoms with Crippen molar-refractivity contribution in [2.24, 2.45) is 11.6 Å². The first-order valence-electron chi connectivity index (χ1n) is 1.84. The van der Waals surface area contributed by atoms with E-state index in [2.05, 4.69) is 10.7 Å². The van der Waals surface area contributed by atoms with Crippen molar-refractivity contribution in [1.29, 1.82) is 0 Å². The quantitative estimate of drug-likeness (QED) is 0.352. The van der Waals surface area contributed by atoms with Gasteiger partial charge in [-0.25, -0.2) is 4.79 Å². The van der Waals surface area contributed by atoms with Crippen LogP contribution in [0.15, 0.2) is 0 Å². The molecule has 1 atom stereocenters. The summed E-state index contributed by atoms with van der Waals surface area (Å²) in [5.74, 6) is 3.85. The van der Waals surface area contributed by atoms with E-state index in [1.807, 2.05) is 0 Å². The van der Waals surface area contributed by atoms with Crippen LogP contribution in [0.5, 0.6) is 0 Å². The van der Waals surface area contributed by atoms with Crippen LogP contribution >= 0.6 is 0 Å². The summed E-state index contributed by atoms with van der Waals surface area (Å²) >= 11 is 0. The summed E-state index contributed by atoms with van der Waals surface area (Å²) in [7, 11) is 0. The molecule has 0 rings (SSSR count). The van der Waals surface area contributed by atoms with Gasteiger partial charge >= 0.3 is 43.7 Å². The van der Waals surface area contributed by atoms with Crippen LogP contribution in [0.2, 0.25) is 0 Å². The topological polar surface area (TPSA) is 78.3 Å². The zero-order chi connectivity index (χ0) is 5.86. The van der Waals surface area contributed by atoms with Gasteiger partial charge in [-0.2, -0.15) is 5.90 Å². The molecular weight excluding hydrogens is 136 g/mol. The Morgan fingerprint density at radius 3 is 2.25 bits per heavy atom. The summed E-state index contributed by atoms with van der Waals surface area (Å²) in [4.78, 5) is 13.8. The van der Waals surface area contributed by atoms with Gasteiger partial charge in [-0.15, -0.1) is 0 Å². The molecule has 4 N–H and O–H groups in total. The second-order valence-electron chi connectivity index (χ2n) is 1.23. The average molecular weight is 146 g/mol. The Bertz CT molecular complexity index is 82.9. The number of hydrogen-bond acceptors (Lipinski definition) is 4. The Balaban J connectivity index is -0.0000000600. The van der Waals surface area contributed by atoms with E-state index >= 15 is 0 Å². The Hall–Kier alpha value is 0.650. The van der Waals surface area contributed by atoms with Crippen LogP contribution in [0.3, 0.4) is 0 Å². The Labute approximate surface area is 80.5 Å². The largest absolute Gasteiger partial charge is 2.00 e. The third-order valence-electron chi connectivity index (χ3n) is 0.488. The van der Waals surface area contributed by atoms with Crippen molar-refractivity contribution >= 4 is 43.7 Å². The zero-order valence-corrected chi connectivity index (χ0v) is 6.96. The first-order chi connectivity index (χ1) is 3.18. The molecule has 0 fully saturated rings. The van der Waals surface area contributed by atoms with Crippen molar-refractivity contribution in [3.8, 4) is 0 Å². The summed E-state index contributed by atoms with van der Waals surface area (Å²) in [6.07, 6.45) is 0. The number of hydrogen-bond donors (Lipinski definition) is 2. The molecule has 0 aliphatic heterocycles. The van der Waals surface area contributed by atoms with E-state index in [0.717, 1.165) is 0 Å². The molecule has 0 saturated heterocycles. The smallest absolute Gasteiger partial charge is 1.00 e. The molecule has 0 spiro atoms. The number of carbonyl (C=O) groups is 1. The fraction of sp³-hybridized carbons (Fsp3) is 0.667. The Morgan fingerprint density at radius 1 is 1.88 bits per heavy atom. The van der Waals surface area contributed by atoms with Crippen LogP contribution in [0, 0.1) is 0 Å². The van der Waals surface area contributed by atoms with Gasteiger partial charge in [0.1, 0.15) is 6.04 Å². The fourth-order valence-electron chi connectivity index (χ4n) is 0.107. The van der Waals surface area contributed by atoms with Gasteiger partial charge in [-0.3, -0.25) is 0 Å². The van der Waals surface area contributed by atoms with Crippen LogP contribution in [0.4, 0.5) is 0 Å². The summed E-state index contributed by atoms with van der Waals surface area (Å²) in [6.45, 7) is 1.50. The monoisotopic (exact) mass is 146 g/mol. The number of rotatable bonds is 1. The van der Waals surface area contributed by atoms with Crippen LogP contribution < -0.4 is 11.6 Å². The molecule has 46 valence electrons. The Morgan fingerprint density at radius 2 is 2.25 bits per heavy atom. The second-order valence-corrected chi connectivity index (χ2v) is 1.23. The maximum absolute atomic E-state index is 10.0. The third-order valence-corrected chi connectivity index (χ3v) is 0.488. The van der Waals surface area contributed by atoms with Gasteiger partial charge in [-0.1, -0.05) is 0 Å². The molecule has 4 nitrogen and oxygen atoms in total. The van der Waals surface area contributed by atoms with Crippen molar-refractivity contribution < 1.29 is 12.5 Å². The minimum atomic E-state index is -0.620. The normalized spacial score (nSPS) is 11.4. The van der Waals surface area contributed by atoms with E-state index in [-0.39, 0.29) is 40.6 Å². The minimum absolute atomic E-state index is 0. The summed E-state index contributed by atoms with van der Waals surface area (Å²) in [5, 5.41) is 0. The van der Waals surface area contributed by atoms with E-state index in [4.69, 9.17) is 5.73 Å². The van der Waals surface area contributed by atoms with Gasteiger partial charge in [0.15, 0.2) is 0 Å². The molecule has 0 unspecified atom stereocenters. The molecule has 0 radical (unpaired) electrons. The first-order valence-corrected chi connectivity index (χ1v) is 1.84. The molecule has 0 aromatic rings. The predicted molar refractivity (Wildman–Crippen MR) is 31.9 cm³/mol. The van der Waals surface area contributed by atoms with Gasteiger partial charge in [0, 0.05) is 0 Å². The third kappa shape index (κ3) is 4.80. The number of nitrogens with two attached hydrogens (primary N) is 2. The molecule has 0 amide bonds. The average Bonchev–Trinajstić information content (AvgIpc) is 1.65. The van der Waals surface area contributed by atoms with Crippen molar-refractivity contribution in [1.82, 2.24) is 0 Å². The molecule has 0 aromatic heterocycles. The van der Waals surface area contributed by atoms with Gasteiger partial charge in [-0.05, 0) is 6.92 Å². The molecule has 0 aliphatic rings. The van der Waals surface area contributed by atoms with Crippen LogP contribution in [0.25, 0.3) is 0 Å². The van der Waals surface area contributed by atoms with Crippen molar-refractivity contribution in [2.45, 2.75) is 13.0 Å². The SMILES string of the molecule is C[C@H](N)C(=O)ON.[Ca+2].[H-].[H-]. The summed E-state index contributed by atoms with van der Waals surface area (Å²) < 4.78 is 0. The maximum Gasteiger partial charge on any atom is 2.00 e. The van der Waals surface area contributed by atoms with Crippen LogP contribution in [-0.4, -0.2) is 49.7 Å².